The monoisotopic (exact) mass is 313 g/mol. The molecule has 2 saturated heterocycles. The molecule has 3 atom stereocenters. The molecule has 0 radical (unpaired) electrons. The second-order valence-corrected chi connectivity index (χ2v) is 8.09. The summed E-state index contributed by atoms with van der Waals surface area (Å²) in [5.41, 5.74) is -1.15. The van der Waals surface area contributed by atoms with Crippen LogP contribution in [0.4, 0.5) is 0 Å². The Hall–Kier alpha value is -0.260. The Morgan fingerprint density at radius 1 is 1.10 bits per heavy atom. The Morgan fingerprint density at radius 2 is 1.81 bits per heavy atom. The normalized spacial score (nSPS) is 36.7. The molecule has 5 heteroatoms. The van der Waals surface area contributed by atoms with Gasteiger partial charge < -0.3 is 15.1 Å². The number of rotatable bonds is 2. The van der Waals surface area contributed by atoms with Crippen molar-refractivity contribution in [2.45, 2.75) is 69.1 Å². The molecule has 3 unspecified atom stereocenters. The molecule has 3 rings (SSSR count). The number of thioether (sulfide) groups is 1. The lowest BCUT2D eigenvalue weighted by Gasteiger charge is -2.41. The number of aliphatic hydroxyl groups excluding tert-OH is 1. The molecule has 1 aliphatic carbocycles. The number of hydrogen-bond acceptors (Lipinski definition) is 4. The van der Waals surface area contributed by atoms with Gasteiger partial charge in [0.25, 0.3) is 5.91 Å². The van der Waals surface area contributed by atoms with E-state index in [1.807, 2.05) is 16.7 Å². The number of nitrogens with zero attached hydrogens (tertiary/aromatic N) is 1. The van der Waals surface area contributed by atoms with E-state index in [1.165, 1.54) is 0 Å². The van der Waals surface area contributed by atoms with E-state index in [4.69, 9.17) is 0 Å². The van der Waals surface area contributed by atoms with Crippen LogP contribution >= 0.6 is 11.8 Å². The van der Waals surface area contributed by atoms with E-state index in [-0.39, 0.29) is 24.0 Å². The maximum absolute atomic E-state index is 12.9. The summed E-state index contributed by atoms with van der Waals surface area (Å²) < 4.78 is 0. The summed E-state index contributed by atoms with van der Waals surface area (Å²) in [6.45, 7) is 0.752. The highest BCUT2D eigenvalue weighted by molar-refractivity contribution is 7.99. The average molecular weight is 313 g/mol. The molecule has 2 heterocycles. The van der Waals surface area contributed by atoms with Gasteiger partial charge in [-0.25, -0.2) is 0 Å². The van der Waals surface area contributed by atoms with E-state index in [2.05, 4.69) is 0 Å². The molecule has 0 bridgehead atoms. The Morgan fingerprint density at radius 3 is 2.52 bits per heavy atom. The van der Waals surface area contributed by atoms with Gasteiger partial charge in [0.15, 0.2) is 0 Å². The summed E-state index contributed by atoms with van der Waals surface area (Å²) >= 11 is 1.82. The van der Waals surface area contributed by atoms with Gasteiger partial charge in [-0.15, -0.1) is 0 Å². The van der Waals surface area contributed by atoms with Crippen molar-refractivity contribution >= 4 is 17.7 Å². The molecule has 3 aliphatic rings. The fraction of sp³-hybridized carbons (Fsp3) is 0.938. The van der Waals surface area contributed by atoms with Gasteiger partial charge in [0.05, 0.1) is 6.10 Å². The Kier molecular flexibility index (Phi) is 4.81. The van der Waals surface area contributed by atoms with Gasteiger partial charge >= 0.3 is 0 Å². The first kappa shape index (κ1) is 15.6. The van der Waals surface area contributed by atoms with Crippen LogP contribution in [0.3, 0.4) is 0 Å². The van der Waals surface area contributed by atoms with E-state index >= 15 is 0 Å². The topological polar surface area (TPSA) is 60.8 Å². The van der Waals surface area contributed by atoms with Crippen LogP contribution in [0.5, 0.6) is 0 Å². The lowest BCUT2D eigenvalue weighted by atomic mass is 9.80. The third-order valence-electron chi connectivity index (χ3n) is 5.55. The van der Waals surface area contributed by atoms with Gasteiger partial charge in [-0.2, -0.15) is 11.8 Å². The van der Waals surface area contributed by atoms with Crippen LogP contribution in [0.1, 0.15) is 51.4 Å². The molecule has 120 valence electrons. The van der Waals surface area contributed by atoms with Crippen molar-refractivity contribution in [3.05, 3.63) is 0 Å². The zero-order valence-corrected chi connectivity index (χ0v) is 13.5. The molecule has 0 spiro atoms. The summed E-state index contributed by atoms with van der Waals surface area (Å²) in [6.07, 6.45) is 7.01. The number of hydrogen-bond donors (Lipinski definition) is 2. The van der Waals surface area contributed by atoms with Crippen LogP contribution in [0.15, 0.2) is 0 Å². The first-order valence-electron chi connectivity index (χ1n) is 8.41. The van der Waals surface area contributed by atoms with Crippen LogP contribution in [0.25, 0.3) is 0 Å². The van der Waals surface area contributed by atoms with Gasteiger partial charge in [-0.05, 0) is 50.0 Å². The molecule has 1 amide bonds. The minimum Gasteiger partial charge on any atom is -0.393 e. The maximum atomic E-state index is 12.9. The van der Waals surface area contributed by atoms with Crippen molar-refractivity contribution in [2.24, 2.45) is 5.92 Å². The number of carbonyl (C=O) groups excluding carboxylic acids is 1. The number of likely N-dealkylation sites (tertiary alicyclic amines) is 1. The highest BCUT2D eigenvalue weighted by atomic mass is 32.2. The van der Waals surface area contributed by atoms with Crippen molar-refractivity contribution in [1.29, 1.82) is 0 Å². The number of amides is 1. The third kappa shape index (κ3) is 3.10. The van der Waals surface area contributed by atoms with Gasteiger partial charge in [0.2, 0.25) is 0 Å². The van der Waals surface area contributed by atoms with Gasteiger partial charge in [0.1, 0.15) is 5.60 Å². The third-order valence-corrected chi connectivity index (χ3v) is 6.54. The molecule has 0 aromatic rings. The van der Waals surface area contributed by atoms with Crippen LogP contribution in [-0.4, -0.2) is 56.8 Å². The van der Waals surface area contributed by atoms with Crippen molar-refractivity contribution < 1.29 is 15.0 Å². The molecule has 0 aromatic carbocycles. The molecule has 21 heavy (non-hydrogen) atoms. The molecular weight excluding hydrogens is 286 g/mol. The smallest absolute Gasteiger partial charge is 0.254 e. The fourth-order valence-electron chi connectivity index (χ4n) is 4.27. The molecule has 0 aromatic heterocycles. The van der Waals surface area contributed by atoms with E-state index < -0.39 is 5.60 Å². The zero-order chi connectivity index (χ0) is 14.9. The average Bonchev–Trinajstić information content (AvgIpc) is 2.97. The summed E-state index contributed by atoms with van der Waals surface area (Å²) in [4.78, 5) is 14.8. The highest BCUT2D eigenvalue weighted by Gasteiger charge is 2.46. The molecular formula is C16H27NO3S. The summed E-state index contributed by atoms with van der Waals surface area (Å²) in [7, 11) is 0. The Balaban J connectivity index is 1.72. The number of carbonyl (C=O) groups is 1. The molecule has 2 aliphatic heterocycles. The predicted molar refractivity (Wildman–Crippen MR) is 84.2 cm³/mol. The Bertz CT molecular complexity index is 384. The minimum atomic E-state index is -1.15. The largest absolute Gasteiger partial charge is 0.393 e. The molecule has 1 saturated carbocycles. The summed E-state index contributed by atoms with van der Waals surface area (Å²) in [6, 6.07) is 0.145. The van der Waals surface area contributed by atoms with Gasteiger partial charge in [-0.1, -0.05) is 12.8 Å². The standard InChI is InChI=1S/C16H27NO3S/c18-14-6-2-1-4-12(14)13-5-3-9-17(13)15(19)16(20)7-10-21-11-8-16/h12-14,18,20H,1-11H2. The van der Waals surface area contributed by atoms with Crippen molar-refractivity contribution in [3.8, 4) is 0 Å². The SMILES string of the molecule is O=C(N1CCCC1C1CCCCC1O)C1(O)CCSCC1. The van der Waals surface area contributed by atoms with Crippen molar-refractivity contribution in [2.75, 3.05) is 18.1 Å². The second kappa shape index (κ2) is 6.47. The fourth-order valence-corrected chi connectivity index (χ4v) is 5.44. The zero-order valence-electron chi connectivity index (χ0n) is 12.7. The summed E-state index contributed by atoms with van der Waals surface area (Å²) in [5.74, 6) is 1.88. The van der Waals surface area contributed by atoms with Crippen molar-refractivity contribution in [3.63, 3.8) is 0 Å². The van der Waals surface area contributed by atoms with Crippen LogP contribution in [-0.2, 0) is 4.79 Å². The van der Waals surface area contributed by atoms with E-state index in [9.17, 15) is 15.0 Å². The predicted octanol–water partition coefficient (Wildman–Crippen LogP) is 1.79. The van der Waals surface area contributed by atoms with Crippen LogP contribution in [0.2, 0.25) is 0 Å². The summed E-state index contributed by atoms with van der Waals surface area (Å²) in [5, 5.41) is 21.0. The molecule has 2 N–H and O–H groups in total. The maximum Gasteiger partial charge on any atom is 0.254 e. The quantitative estimate of drug-likeness (QED) is 0.816. The van der Waals surface area contributed by atoms with E-state index in [1.54, 1.807) is 0 Å². The first-order valence-corrected chi connectivity index (χ1v) is 9.56. The minimum absolute atomic E-state index is 0.0666. The highest BCUT2D eigenvalue weighted by Crippen LogP contribution is 2.37. The van der Waals surface area contributed by atoms with E-state index in [0.29, 0.717) is 12.8 Å². The van der Waals surface area contributed by atoms with Gasteiger partial charge in [0, 0.05) is 18.5 Å². The van der Waals surface area contributed by atoms with E-state index in [0.717, 1.165) is 56.6 Å². The van der Waals surface area contributed by atoms with Crippen LogP contribution in [0, 0.1) is 5.92 Å². The van der Waals surface area contributed by atoms with Crippen molar-refractivity contribution in [1.82, 2.24) is 4.90 Å². The first-order chi connectivity index (χ1) is 10.1. The van der Waals surface area contributed by atoms with Gasteiger partial charge in [-0.3, -0.25) is 4.79 Å². The second-order valence-electron chi connectivity index (χ2n) is 6.87. The number of aliphatic hydroxyl groups is 2. The van der Waals surface area contributed by atoms with Crippen LogP contribution < -0.4 is 0 Å². The lowest BCUT2D eigenvalue weighted by molar-refractivity contribution is -0.155. The molecule has 3 fully saturated rings. The molecule has 4 nitrogen and oxygen atoms in total. The Labute approximate surface area is 131 Å². The lowest BCUT2D eigenvalue weighted by Crippen LogP contribution is -2.55.